The summed E-state index contributed by atoms with van der Waals surface area (Å²) < 4.78 is 10.8. The van der Waals surface area contributed by atoms with Crippen molar-refractivity contribution in [3.63, 3.8) is 0 Å². The molecule has 0 bridgehead atoms. The first-order chi connectivity index (χ1) is 18.1. The Labute approximate surface area is 221 Å². The maximum absolute atomic E-state index is 13.5. The van der Waals surface area contributed by atoms with Crippen molar-refractivity contribution in [3.8, 4) is 5.75 Å². The summed E-state index contributed by atoms with van der Waals surface area (Å²) in [5.74, 6) is -0.575. The maximum Gasteiger partial charge on any atom is 0.339 e. The standard InChI is InChI=1S/C29H33N3O6/c1-5-29(3,4)18-11-13-23-21(15-18)27(20-9-7-8-10-22(20)30-23)28(34)38-17-26(33)31-24-14-12-19(37-6-2)16-25(24)32(35)36/h7-10,12,14,16,18H,5-6,11,13,15,17H2,1-4H3,(H,31,33). The fourth-order valence-corrected chi connectivity index (χ4v) is 4.99. The first kappa shape index (κ1) is 27.0. The Morgan fingerprint density at radius 3 is 2.66 bits per heavy atom. The van der Waals surface area contributed by atoms with E-state index in [-0.39, 0.29) is 16.8 Å². The molecular weight excluding hydrogens is 486 g/mol. The number of fused-ring (bicyclic) bond motifs is 2. The third kappa shape index (κ3) is 5.61. The van der Waals surface area contributed by atoms with Crippen LogP contribution in [0.15, 0.2) is 42.5 Å². The average molecular weight is 520 g/mol. The number of nitro groups is 1. The fraction of sp³-hybridized carbons (Fsp3) is 0.414. The Kier molecular flexibility index (Phi) is 7.94. The predicted octanol–water partition coefficient (Wildman–Crippen LogP) is 5.88. The summed E-state index contributed by atoms with van der Waals surface area (Å²) in [6.45, 7) is 8.21. The van der Waals surface area contributed by atoms with Gasteiger partial charge in [0.25, 0.3) is 11.6 Å². The van der Waals surface area contributed by atoms with E-state index in [0.717, 1.165) is 30.5 Å². The number of aromatic nitrogens is 1. The molecule has 9 nitrogen and oxygen atoms in total. The molecule has 1 aliphatic carbocycles. The largest absolute Gasteiger partial charge is 0.494 e. The van der Waals surface area contributed by atoms with Gasteiger partial charge in [0.1, 0.15) is 11.4 Å². The summed E-state index contributed by atoms with van der Waals surface area (Å²) in [6, 6.07) is 11.6. The summed E-state index contributed by atoms with van der Waals surface area (Å²) in [5, 5.41) is 14.7. The lowest BCUT2D eigenvalue weighted by Gasteiger charge is -2.37. The van der Waals surface area contributed by atoms with Gasteiger partial charge in [-0.15, -0.1) is 0 Å². The molecule has 1 N–H and O–H groups in total. The summed E-state index contributed by atoms with van der Waals surface area (Å²) in [7, 11) is 0. The molecule has 38 heavy (non-hydrogen) atoms. The molecule has 1 aliphatic rings. The van der Waals surface area contributed by atoms with Gasteiger partial charge in [0, 0.05) is 11.1 Å². The van der Waals surface area contributed by atoms with Crippen LogP contribution in [0.2, 0.25) is 0 Å². The lowest BCUT2D eigenvalue weighted by molar-refractivity contribution is -0.384. The van der Waals surface area contributed by atoms with Gasteiger partial charge in [0.05, 0.1) is 28.7 Å². The van der Waals surface area contributed by atoms with Crippen molar-refractivity contribution < 1.29 is 24.0 Å². The molecule has 1 unspecified atom stereocenters. The van der Waals surface area contributed by atoms with Crippen molar-refractivity contribution >= 4 is 34.2 Å². The molecule has 1 atom stereocenters. The van der Waals surface area contributed by atoms with Gasteiger partial charge in [0.15, 0.2) is 6.61 Å². The summed E-state index contributed by atoms with van der Waals surface area (Å²) in [6.07, 6.45) is 3.50. The van der Waals surface area contributed by atoms with E-state index in [1.165, 1.54) is 18.2 Å². The van der Waals surface area contributed by atoms with Gasteiger partial charge >= 0.3 is 5.97 Å². The van der Waals surface area contributed by atoms with Crippen LogP contribution in [0.5, 0.6) is 5.75 Å². The van der Waals surface area contributed by atoms with Crippen molar-refractivity contribution in [1.82, 2.24) is 4.98 Å². The number of rotatable bonds is 9. The van der Waals surface area contributed by atoms with Gasteiger partial charge in [-0.25, -0.2) is 4.79 Å². The lowest BCUT2D eigenvalue weighted by Crippen LogP contribution is -2.31. The normalized spacial score (nSPS) is 15.0. The van der Waals surface area contributed by atoms with Crippen molar-refractivity contribution in [2.24, 2.45) is 11.3 Å². The molecule has 4 rings (SSSR count). The van der Waals surface area contributed by atoms with Crippen LogP contribution >= 0.6 is 0 Å². The SMILES string of the molecule is CCOc1ccc(NC(=O)COC(=O)c2c3c(nc4ccccc24)CCC(C(C)(C)CC)C3)c([N+](=O)[O-])c1. The fourth-order valence-electron chi connectivity index (χ4n) is 4.99. The molecule has 1 amide bonds. The molecular formula is C29H33N3O6. The molecule has 0 fully saturated rings. The minimum Gasteiger partial charge on any atom is -0.494 e. The molecule has 200 valence electrons. The van der Waals surface area contributed by atoms with E-state index in [4.69, 9.17) is 14.5 Å². The molecule has 9 heteroatoms. The van der Waals surface area contributed by atoms with Crippen LogP contribution in [0.3, 0.4) is 0 Å². The van der Waals surface area contributed by atoms with Crippen LogP contribution in [0.4, 0.5) is 11.4 Å². The Balaban J connectivity index is 1.57. The highest BCUT2D eigenvalue weighted by atomic mass is 16.6. The van der Waals surface area contributed by atoms with Crippen LogP contribution < -0.4 is 10.1 Å². The minimum absolute atomic E-state index is 0.00381. The number of nitrogens with zero attached hydrogens (tertiary/aromatic N) is 2. The number of hydrogen-bond donors (Lipinski definition) is 1. The third-order valence-electron chi connectivity index (χ3n) is 7.56. The lowest BCUT2D eigenvalue weighted by atomic mass is 9.68. The second-order valence-corrected chi connectivity index (χ2v) is 10.2. The molecule has 0 spiro atoms. The number of amides is 1. The van der Waals surface area contributed by atoms with E-state index in [9.17, 15) is 19.7 Å². The first-order valence-corrected chi connectivity index (χ1v) is 12.9. The van der Waals surface area contributed by atoms with E-state index in [1.54, 1.807) is 6.92 Å². The number of para-hydroxylation sites is 1. The number of benzene rings is 2. The number of anilines is 1. The van der Waals surface area contributed by atoms with Crippen LogP contribution in [0.1, 0.15) is 62.2 Å². The number of carbonyl (C=O) groups excluding carboxylic acids is 2. The zero-order valence-corrected chi connectivity index (χ0v) is 22.2. The number of nitro benzene ring substituents is 1. The Hall–Kier alpha value is -4.01. The zero-order valence-electron chi connectivity index (χ0n) is 22.2. The van der Waals surface area contributed by atoms with Crippen molar-refractivity contribution in [2.45, 2.75) is 53.4 Å². The van der Waals surface area contributed by atoms with Crippen LogP contribution in [0.25, 0.3) is 10.9 Å². The topological polar surface area (TPSA) is 121 Å². The van der Waals surface area contributed by atoms with Crippen molar-refractivity contribution in [1.29, 1.82) is 0 Å². The average Bonchev–Trinajstić information content (AvgIpc) is 2.90. The van der Waals surface area contributed by atoms with Crippen molar-refractivity contribution in [2.75, 3.05) is 18.5 Å². The van der Waals surface area contributed by atoms with E-state index in [1.807, 2.05) is 24.3 Å². The molecule has 0 saturated heterocycles. The number of pyridine rings is 1. The number of aryl methyl sites for hydroxylation is 1. The molecule has 0 saturated carbocycles. The van der Waals surface area contributed by atoms with Gasteiger partial charge in [-0.2, -0.15) is 0 Å². The Bertz CT molecular complexity index is 1380. The zero-order chi connectivity index (χ0) is 27.4. The molecule has 0 radical (unpaired) electrons. The molecule has 1 aromatic heterocycles. The minimum atomic E-state index is -0.678. The second kappa shape index (κ2) is 11.2. The quantitative estimate of drug-likeness (QED) is 0.213. The Morgan fingerprint density at radius 1 is 1.18 bits per heavy atom. The molecule has 3 aromatic rings. The van der Waals surface area contributed by atoms with Crippen LogP contribution in [0, 0.1) is 21.4 Å². The number of carbonyl (C=O) groups is 2. The highest BCUT2D eigenvalue weighted by Crippen LogP contribution is 2.41. The smallest absolute Gasteiger partial charge is 0.339 e. The van der Waals surface area contributed by atoms with Gasteiger partial charge in [-0.3, -0.25) is 19.9 Å². The Morgan fingerprint density at radius 2 is 1.95 bits per heavy atom. The maximum atomic E-state index is 13.5. The van der Waals surface area contributed by atoms with Gasteiger partial charge < -0.3 is 14.8 Å². The van der Waals surface area contributed by atoms with Gasteiger partial charge in [-0.05, 0) is 61.3 Å². The summed E-state index contributed by atoms with van der Waals surface area (Å²) in [4.78, 5) is 41.8. The summed E-state index contributed by atoms with van der Waals surface area (Å²) >= 11 is 0. The number of hydrogen-bond acceptors (Lipinski definition) is 7. The highest BCUT2D eigenvalue weighted by molar-refractivity contribution is 6.06. The first-order valence-electron chi connectivity index (χ1n) is 12.9. The van der Waals surface area contributed by atoms with Crippen molar-refractivity contribution in [3.05, 3.63) is 69.4 Å². The van der Waals surface area contributed by atoms with Gasteiger partial charge in [-0.1, -0.05) is 45.4 Å². The number of esters is 1. The van der Waals surface area contributed by atoms with E-state index in [2.05, 4.69) is 26.1 Å². The van der Waals surface area contributed by atoms with E-state index in [0.29, 0.717) is 41.2 Å². The number of ether oxygens (including phenoxy) is 2. The summed E-state index contributed by atoms with van der Waals surface area (Å²) in [5.41, 5.74) is 2.73. The third-order valence-corrected chi connectivity index (χ3v) is 7.56. The number of nitrogens with one attached hydrogen (secondary N) is 1. The predicted molar refractivity (Wildman–Crippen MR) is 145 cm³/mol. The van der Waals surface area contributed by atoms with Gasteiger partial charge in [0.2, 0.25) is 0 Å². The molecule has 0 aliphatic heterocycles. The highest BCUT2D eigenvalue weighted by Gasteiger charge is 2.34. The van der Waals surface area contributed by atoms with E-state index >= 15 is 0 Å². The van der Waals surface area contributed by atoms with E-state index < -0.39 is 23.4 Å². The van der Waals surface area contributed by atoms with Crippen LogP contribution in [-0.4, -0.2) is 35.0 Å². The molecule has 2 aromatic carbocycles. The second-order valence-electron chi connectivity index (χ2n) is 10.2. The molecule has 1 heterocycles. The monoisotopic (exact) mass is 519 g/mol. The van der Waals surface area contributed by atoms with Crippen LogP contribution in [-0.2, 0) is 22.4 Å².